The predicted molar refractivity (Wildman–Crippen MR) is 205 cm³/mol. The van der Waals surface area contributed by atoms with Crippen LogP contribution in [0.15, 0.2) is 12.4 Å². The molecule has 0 N–H and O–H groups in total. The van der Waals surface area contributed by atoms with Crippen LogP contribution in [0.25, 0.3) is 0 Å². The Bertz CT molecular complexity index is 550. The molecule has 268 valence electrons. The average molecular weight is 631 g/mol. The van der Waals surface area contributed by atoms with Gasteiger partial charge in [-0.25, -0.2) is 0 Å². The Morgan fingerprint density at radius 3 is 0.778 bits per heavy atom. The molecule has 0 saturated carbocycles. The molecule has 1 aliphatic rings. The van der Waals surface area contributed by atoms with Crippen molar-refractivity contribution in [2.24, 2.45) is 0 Å². The molecular weight excluding hydrogens is 544 g/mol. The first-order chi connectivity index (χ1) is 22.3. The molecule has 0 aromatic heterocycles. The highest BCUT2D eigenvalue weighted by atomic mass is 15.4. The zero-order chi connectivity index (χ0) is 32.3. The van der Waals surface area contributed by atoms with Crippen LogP contribution in [0, 0.1) is 0 Å². The molecule has 45 heavy (non-hydrogen) atoms. The molecule has 0 atom stereocenters. The van der Waals surface area contributed by atoms with Gasteiger partial charge in [-0.3, -0.25) is 0 Å². The van der Waals surface area contributed by atoms with Crippen LogP contribution in [-0.2, 0) is 0 Å². The fourth-order valence-corrected chi connectivity index (χ4v) is 7.42. The van der Waals surface area contributed by atoms with Gasteiger partial charge in [-0.2, -0.15) is 0 Å². The quantitative estimate of drug-likeness (QED) is 0.0630. The molecule has 0 spiro atoms. The molecule has 0 radical (unpaired) electrons. The van der Waals surface area contributed by atoms with E-state index in [9.17, 15) is 0 Å². The summed E-state index contributed by atoms with van der Waals surface area (Å²) in [5.74, 6) is 0. The van der Waals surface area contributed by atoms with Crippen LogP contribution >= 0.6 is 0 Å². The molecule has 0 unspecified atom stereocenters. The van der Waals surface area contributed by atoms with Gasteiger partial charge in [-0.1, -0.05) is 220 Å². The van der Waals surface area contributed by atoms with Crippen LogP contribution in [0.2, 0.25) is 0 Å². The fraction of sp³-hybridized carbons (Fsp3) is 0.953. The summed E-state index contributed by atoms with van der Waals surface area (Å²) >= 11 is 0. The van der Waals surface area contributed by atoms with Crippen LogP contribution in [0.5, 0.6) is 0 Å². The molecule has 1 aliphatic heterocycles. The standard InChI is InChI=1S/C43H86N2/c1-4-7-10-13-16-19-22-23-26-29-32-35-38-43-44(39-36-33-30-27-24-20-17-14-11-8-5-2)41-42-45(43)40-37-34-31-28-25-21-18-15-12-9-6-3/h41-43H,4-40H2,1-3H3. The first kappa shape index (κ1) is 42.4. The maximum atomic E-state index is 2.73. The second kappa shape index (κ2) is 34.7. The van der Waals surface area contributed by atoms with Crippen molar-refractivity contribution in [1.82, 2.24) is 9.80 Å². The number of rotatable bonds is 37. The monoisotopic (exact) mass is 631 g/mol. The second-order valence-corrected chi connectivity index (χ2v) is 15.0. The third-order valence-corrected chi connectivity index (χ3v) is 10.6. The Labute approximate surface area is 286 Å². The van der Waals surface area contributed by atoms with Gasteiger partial charge in [0.05, 0.1) is 0 Å². The Morgan fingerprint density at radius 1 is 0.289 bits per heavy atom. The minimum absolute atomic E-state index is 0.638. The maximum Gasteiger partial charge on any atom is 0.101 e. The first-order valence-electron chi connectivity index (χ1n) is 21.5. The lowest BCUT2D eigenvalue weighted by molar-refractivity contribution is 0.135. The summed E-state index contributed by atoms with van der Waals surface area (Å²) < 4.78 is 0. The Balaban J connectivity index is 2.23. The Kier molecular flexibility index (Phi) is 32.6. The van der Waals surface area contributed by atoms with Crippen LogP contribution < -0.4 is 0 Å². The van der Waals surface area contributed by atoms with Crippen molar-refractivity contribution in [3.63, 3.8) is 0 Å². The third-order valence-electron chi connectivity index (χ3n) is 10.6. The van der Waals surface area contributed by atoms with E-state index in [0.717, 1.165) is 0 Å². The van der Waals surface area contributed by atoms with Crippen molar-refractivity contribution in [1.29, 1.82) is 0 Å². The molecular formula is C43H86N2. The summed E-state index contributed by atoms with van der Waals surface area (Å²) in [5, 5.41) is 0. The van der Waals surface area contributed by atoms with E-state index < -0.39 is 0 Å². The number of hydrogen-bond donors (Lipinski definition) is 0. The van der Waals surface area contributed by atoms with E-state index in [2.05, 4.69) is 43.0 Å². The minimum atomic E-state index is 0.638. The lowest BCUT2D eigenvalue weighted by Crippen LogP contribution is -2.39. The number of unbranched alkanes of at least 4 members (excludes halogenated alkanes) is 31. The van der Waals surface area contributed by atoms with E-state index in [1.54, 1.807) is 0 Å². The van der Waals surface area contributed by atoms with Crippen LogP contribution in [0.3, 0.4) is 0 Å². The Hall–Kier alpha value is -0.660. The zero-order valence-corrected chi connectivity index (χ0v) is 31.8. The average Bonchev–Trinajstić information content (AvgIpc) is 3.43. The topological polar surface area (TPSA) is 6.48 Å². The van der Waals surface area contributed by atoms with Gasteiger partial charge in [-0.15, -0.1) is 0 Å². The lowest BCUT2D eigenvalue weighted by Gasteiger charge is -2.33. The van der Waals surface area contributed by atoms with Gasteiger partial charge in [0.15, 0.2) is 0 Å². The molecule has 0 saturated heterocycles. The summed E-state index contributed by atoms with van der Waals surface area (Å²) in [6.07, 6.45) is 55.9. The second-order valence-electron chi connectivity index (χ2n) is 15.0. The lowest BCUT2D eigenvalue weighted by atomic mass is 10.0. The largest absolute Gasteiger partial charge is 0.356 e. The van der Waals surface area contributed by atoms with Gasteiger partial charge in [0.2, 0.25) is 0 Å². The minimum Gasteiger partial charge on any atom is -0.356 e. The van der Waals surface area contributed by atoms with Gasteiger partial charge in [-0.05, 0) is 25.7 Å². The highest BCUT2D eigenvalue weighted by molar-refractivity contribution is 4.97. The highest BCUT2D eigenvalue weighted by Crippen LogP contribution is 2.24. The van der Waals surface area contributed by atoms with Crippen molar-refractivity contribution >= 4 is 0 Å². The SMILES string of the molecule is CCCCCCCCCCCCCCC1N(CCCCCCCCCCCCC)C=CN1CCCCCCCCCCCCC. The molecule has 1 rings (SSSR count). The number of nitrogens with zero attached hydrogens (tertiary/aromatic N) is 2. The molecule has 0 aromatic carbocycles. The molecule has 2 heteroatoms. The summed E-state index contributed by atoms with van der Waals surface area (Å²) in [5.41, 5.74) is 0. The molecule has 0 aliphatic carbocycles. The molecule has 0 aromatic rings. The molecule has 2 nitrogen and oxygen atoms in total. The molecule has 0 fully saturated rings. The van der Waals surface area contributed by atoms with Crippen molar-refractivity contribution in [2.45, 2.75) is 252 Å². The van der Waals surface area contributed by atoms with Gasteiger partial charge in [0.25, 0.3) is 0 Å². The van der Waals surface area contributed by atoms with Crippen molar-refractivity contribution in [3.8, 4) is 0 Å². The van der Waals surface area contributed by atoms with E-state index in [-0.39, 0.29) is 0 Å². The molecule has 0 bridgehead atoms. The molecule has 1 heterocycles. The van der Waals surface area contributed by atoms with Gasteiger partial charge >= 0.3 is 0 Å². The highest BCUT2D eigenvalue weighted by Gasteiger charge is 2.24. The van der Waals surface area contributed by atoms with Crippen molar-refractivity contribution < 1.29 is 0 Å². The third kappa shape index (κ3) is 27.0. The van der Waals surface area contributed by atoms with Crippen LogP contribution in [-0.4, -0.2) is 29.1 Å². The van der Waals surface area contributed by atoms with E-state index in [1.807, 2.05) is 0 Å². The van der Waals surface area contributed by atoms with Crippen molar-refractivity contribution in [3.05, 3.63) is 12.4 Å². The van der Waals surface area contributed by atoms with Crippen LogP contribution in [0.4, 0.5) is 0 Å². The van der Waals surface area contributed by atoms with Gasteiger partial charge in [0.1, 0.15) is 6.17 Å². The van der Waals surface area contributed by atoms with E-state index >= 15 is 0 Å². The predicted octanol–water partition coefficient (Wildman–Crippen LogP) is 15.1. The van der Waals surface area contributed by atoms with Crippen LogP contribution in [0.1, 0.15) is 245 Å². The zero-order valence-electron chi connectivity index (χ0n) is 31.8. The summed E-state index contributed by atoms with van der Waals surface area (Å²) in [6.45, 7) is 9.49. The smallest absolute Gasteiger partial charge is 0.101 e. The summed E-state index contributed by atoms with van der Waals surface area (Å²) in [4.78, 5) is 5.45. The summed E-state index contributed by atoms with van der Waals surface area (Å²) in [7, 11) is 0. The fourth-order valence-electron chi connectivity index (χ4n) is 7.42. The van der Waals surface area contributed by atoms with Crippen molar-refractivity contribution in [2.75, 3.05) is 13.1 Å². The van der Waals surface area contributed by atoms with E-state index in [1.165, 1.54) is 238 Å². The van der Waals surface area contributed by atoms with E-state index in [0.29, 0.717) is 6.17 Å². The maximum absolute atomic E-state index is 2.73. The molecule has 0 amide bonds. The van der Waals surface area contributed by atoms with Gasteiger partial charge in [0, 0.05) is 25.5 Å². The number of hydrogen-bond acceptors (Lipinski definition) is 2. The van der Waals surface area contributed by atoms with Gasteiger partial charge < -0.3 is 9.80 Å². The Morgan fingerprint density at radius 2 is 0.511 bits per heavy atom. The van der Waals surface area contributed by atoms with E-state index in [4.69, 9.17) is 0 Å². The first-order valence-corrected chi connectivity index (χ1v) is 21.5. The summed E-state index contributed by atoms with van der Waals surface area (Å²) in [6, 6.07) is 0. The normalized spacial score (nSPS) is 13.6.